The minimum absolute atomic E-state index is 0.307. The maximum Gasteiger partial charge on any atom is 0.161 e. The Morgan fingerprint density at radius 2 is 0.845 bits per heavy atom. The van der Waals surface area contributed by atoms with Gasteiger partial charge in [-0.05, 0) is 124 Å². The molecule has 0 aliphatic rings. The Balaban J connectivity index is 0.976. The molecule has 0 fully saturated rings. The molecule has 0 aliphatic carbocycles. The van der Waals surface area contributed by atoms with Gasteiger partial charge in [-0.2, -0.15) is 0 Å². The van der Waals surface area contributed by atoms with Crippen LogP contribution >= 0.6 is 0 Å². The van der Waals surface area contributed by atoms with E-state index in [4.69, 9.17) is 33.2 Å². The van der Waals surface area contributed by atoms with Gasteiger partial charge in [0.2, 0.25) is 0 Å². The fourth-order valence-corrected chi connectivity index (χ4v) is 6.90. The monoisotopic (exact) mass is 790 g/mol. The second-order valence-electron chi connectivity index (χ2n) is 14.6. The molecular formula is C49H62N2O7. The third-order valence-electron chi connectivity index (χ3n) is 9.82. The van der Waals surface area contributed by atoms with Crippen molar-refractivity contribution in [1.29, 1.82) is 0 Å². The van der Waals surface area contributed by atoms with Crippen LogP contribution in [-0.4, -0.2) is 72.4 Å². The van der Waals surface area contributed by atoms with E-state index < -0.39 is 0 Å². The molecule has 0 amide bonds. The van der Waals surface area contributed by atoms with Gasteiger partial charge in [0.1, 0.15) is 43.7 Å². The van der Waals surface area contributed by atoms with E-state index in [9.17, 15) is 0 Å². The molecule has 2 N–H and O–H groups in total. The molecule has 2 atom stereocenters. The van der Waals surface area contributed by atoms with Crippen molar-refractivity contribution < 1.29 is 33.2 Å². The molecule has 0 aromatic heterocycles. The highest BCUT2D eigenvalue weighted by Crippen LogP contribution is 2.28. The second-order valence-corrected chi connectivity index (χ2v) is 14.6. The highest BCUT2D eigenvalue weighted by atomic mass is 16.5. The molecule has 0 aliphatic heterocycles. The number of ether oxygens (including phenoxy) is 7. The average molecular weight is 791 g/mol. The van der Waals surface area contributed by atoms with Crippen LogP contribution in [0.15, 0.2) is 109 Å². The van der Waals surface area contributed by atoms with Crippen LogP contribution in [0.4, 0.5) is 0 Å². The molecule has 0 saturated carbocycles. The number of hydrogen-bond acceptors (Lipinski definition) is 9. The highest BCUT2D eigenvalue weighted by Gasteiger charge is 2.11. The summed E-state index contributed by atoms with van der Waals surface area (Å²) >= 11 is 0. The number of hydrogen-bond donors (Lipinski definition) is 2. The molecule has 310 valence electrons. The average Bonchev–Trinajstić information content (AvgIpc) is 3.23. The number of benzene rings is 5. The largest absolute Gasteiger partial charge is 0.496 e. The summed E-state index contributed by atoms with van der Waals surface area (Å²) < 4.78 is 41.5. The Kier molecular flexibility index (Phi) is 17.9. The molecule has 9 nitrogen and oxygen atoms in total. The molecule has 58 heavy (non-hydrogen) atoms. The van der Waals surface area contributed by atoms with E-state index in [1.807, 2.05) is 78.9 Å². The van der Waals surface area contributed by atoms with Gasteiger partial charge in [-0.25, -0.2) is 0 Å². The first kappa shape index (κ1) is 43.7. The van der Waals surface area contributed by atoms with Crippen LogP contribution in [0.3, 0.4) is 0 Å². The fraction of sp³-hybridized carbons (Fsp3) is 0.388. The number of methoxy groups -OCH3 is 2. The summed E-state index contributed by atoms with van der Waals surface area (Å²) in [4.78, 5) is 0. The Hall–Kier alpha value is -5.38. The fourth-order valence-electron chi connectivity index (χ4n) is 6.90. The lowest BCUT2D eigenvalue weighted by molar-refractivity contribution is 0.205. The van der Waals surface area contributed by atoms with Crippen molar-refractivity contribution in [3.8, 4) is 40.2 Å². The normalized spacial score (nSPS) is 12.0. The van der Waals surface area contributed by atoms with Crippen LogP contribution in [0.5, 0.6) is 40.2 Å². The number of aryl methyl sites for hydroxylation is 3. The van der Waals surface area contributed by atoms with Crippen LogP contribution in [0, 0.1) is 13.8 Å². The molecule has 0 radical (unpaired) electrons. The molecule has 9 heteroatoms. The maximum absolute atomic E-state index is 6.19. The molecule has 0 bridgehead atoms. The first-order valence-corrected chi connectivity index (χ1v) is 20.5. The molecular weight excluding hydrogens is 729 g/mol. The van der Waals surface area contributed by atoms with Crippen LogP contribution in [0.25, 0.3) is 0 Å². The summed E-state index contributed by atoms with van der Waals surface area (Å²) in [6.45, 7) is 12.4. The predicted molar refractivity (Wildman–Crippen MR) is 233 cm³/mol. The van der Waals surface area contributed by atoms with Crippen molar-refractivity contribution in [2.45, 2.75) is 65.5 Å². The summed E-state index contributed by atoms with van der Waals surface area (Å²) in [5, 5.41) is 7.13. The van der Waals surface area contributed by atoms with E-state index >= 15 is 0 Å². The second kappa shape index (κ2) is 23.8. The van der Waals surface area contributed by atoms with Gasteiger partial charge in [0.05, 0.1) is 20.8 Å². The lowest BCUT2D eigenvalue weighted by Crippen LogP contribution is -2.31. The van der Waals surface area contributed by atoms with Crippen molar-refractivity contribution in [3.05, 3.63) is 137 Å². The number of para-hydroxylation sites is 5. The van der Waals surface area contributed by atoms with Gasteiger partial charge in [-0.15, -0.1) is 0 Å². The number of nitrogens with one attached hydrogen (secondary N) is 2. The van der Waals surface area contributed by atoms with Crippen LogP contribution in [-0.2, 0) is 19.3 Å². The van der Waals surface area contributed by atoms with Gasteiger partial charge in [0, 0.05) is 25.2 Å². The standard InChI is InChI=1S/C49H62N2O7/c1-36-32-40(21-23-43(36)52-5)34-38(3)50-25-28-55-47-18-10-9-17-46(47)54-27-13-15-42-14-7-8-16-45(42)57-30-31-58-49-20-12-11-19-48(49)56-29-26-51-39(4)35-41-22-24-44(53-6)37(2)33-41/h7-12,14,16-24,32-33,38-39,50-51H,13,15,25-31,34-35H2,1-6H3. The first-order valence-electron chi connectivity index (χ1n) is 20.5. The lowest BCUT2D eigenvalue weighted by Gasteiger charge is -2.17. The molecule has 5 rings (SSSR count). The van der Waals surface area contributed by atoms with E-state index in [1.54, 1.807) is 14.2 Å². The number of rotatable bonds is 26. The zero-order valence-corrected chi connectivity index (χ0v) is 35.2. The summed E-state index contributed by atoms with van der Waals surface area (Å²) in [5.74, 6) is 5.61. The van der Waals surface area contributed by atoms with Crippen molar-refractivity contribution in [2.75, 3.05) is 60.3 Å². The van der Waals surface area contributed by atoms with Gasteiger partial charge in [0.25, 0.3) is 0 Å². The zero-order valence-electron chi connectivity index (χ0n) is 35.2. The summed E-state index contributed by atoms with van der Waals surface area (Å²) in [6.07, 6.45) is 3.51. The van der Waals surface area contributed by atoms with Gasteiger partial charge in [0.15, 0.2) is 23.0 Å². The molecule has 2 unspecified atom stereocenters. The quantitative estimate of drug-likeness (QED) is 0.0533. The molecule has 0 heterocycles. The topological polar surface area (TPSA) is 88.7 Å². The third kappa shape index (κ3) is 14.2. The smallest absolute Gasteiger partial charge is 0.161 e. The van der Waals surface area contributed by atoms with Crippen molar-refractivity contribution in [2.24, 2.45) is 0 Å². The molecule has 0 spiro atoms. The van der Waals surface area contributed by atoms with E-state index in [-0.39, 0.29) is 0 Å². The van der Waals surface area contributed by atoms with Crippen LogP contribution in [0.2, 0.25) is 0 Å². The van der Waals surface area contributed by atoms with Crippen LogP contribution < -0.4 is 43.8 Å². The first-order chi connectivity index (χ1) is 28.3. The molecule has 0 saturated heterocycles. The lowest BCUT2D eigenvalue weighted by atomic mass is 10.0. The SMILES string of the molecule is COc1ccc(CC(C)NCCOc2ccccc2OCCCc2ccccc2OCCOc2ccccc2OCCNC(C)Cc2ccc(OC)c(C)c2)cc1C. The van der Waals surface area contributed by atoms with E-state index in [2.05, 4.69) is 68.7 Å². The van der Waals surface area contributed by atoms with Crippen molar-refractivity contribution in [1.82, 2.24) is 10.6 Å². The minimum Gasteiger partial charge on any atom is -0.496 e. The highest BCUT2D eigenvalue weighted by molar-refractivity contribution is 5.41. The van der Waals surface area contributed by atoms with Gasteiger partial charge in [-0.1, -0.05) is 66.7 Å². The van der Waals surface area contributed by atoms with Crippen molar-refractivity contribution in [3.63, 3.8) is 0 Å². The Morgan fingerprint density at radius 3 is 1.29 bits per heavy atom. The van der Waals surface area contributed by atoms with Gasteiger partial charge >= 0.3 is 0 Å². The zero-order chi connectivity index (χ0) is 41.0. The molecule has 5 aromatic rings. The van der Waals surface area contributed by atoms with Gasteiger partial charge in [-0.3, -0.25) is 0 Å². The summed E-state index contributed by atoms with van der Waals surface area (Å²) in [5.41, 5.74) is 5.99. The Labute approximate surface area is 345 Å². The third-order valence-corrected chi connectivity index (χ3v) is 9.82. The predicted octanol–water partition coefficient (Wildman–Crippen LogP) is 8.99. The Bertz CT molecular complexity index is 1830. The minimum atomic E-state index is 0.307. The van der Waals surface area contributed by atoms with Gasteiger partial charge < -0.3 is 43.8 Å². The van der Waals surface area contributed by atoms with E-state index in [0.29, 0.717) is 50.9 Å². The Morgan fingerprint density at radius 1 is 0.448 bits per heavy atom. The molecule has 5 aromatic carbocycles. The van der Waals surface area contributed by atoms with E-state index in [0.717, 1.165) is 90.0 Å². The summed E-state index contributed by atoms with van der Waals surface area (Å²) in [6, 6.07) is 37.1. The van der Waals surface area contributed by atoms with E-state index in [1.165, 1.54) is 11.1 Å². The maximum atomic E-state index is 6.19. The summed E-state index contributed by atoms with van der Waals surface area (Å²) in [7, 11) is 3.41. The van der Waals surface area contributed by atoms with Crippen LogP contribution in [0.1, 0.15) is 48.1 Å². The van der Waals surface area contributed by atoms with Crippen molar-refractivity contribution >= 4 is 0 Å².